The van der Waals surface area contributed by atoms with Crippen LogP contribution in [-0.4, -0.2) is 73.6 Å². The molecule has 0 spiro atoms. The first-order valence-electron chi connectivity index (χ1n) is 11.3. The number of nitrogens with zero attached hydrogens (tertiary/aromatic N) is 2. The molecule has 2 heterocycles. The summed E-state index contributed by atoms with van der Waals surface area (Å²) in [5.41, 5.74) is -1.80. The monoisotopic (exact) mass is 525 g/mol. The minimum atomic E-state index is -4.02. The predicted octanol–water partition coefficient (Wildman–Crippen LogP) is 2.44. The maximum absolute atomic E-state index is 13.5. The number of carbonyl (C=O) groups is 2. The number of halogens is 1. The summed E-state index contributed by atoms with van der Waals surface area (Å²) >= 11 is 6.33. The smallest absolute Gasteiger partial charge is 0.411 e. The van der Waals surface area contributed by atoms with Gasteiger partial charge in [0.2, 0.25) is 5.91 Å². The summed E-state index contributed by atoms with van der Waals surface area (Å²) in [4.78, 5) is 26.9. The Morgan fingerprint density at radius 1 is 1.29 bits per heavy atom. The topological polar surface area (TPSA) is 135 Å². The fourth-order valence-electron chi connectivity index (χ4n) is 3.94. The van der Waals surface area contributed by atoms with E-state index in [-0.39, 0.29) is 29.0 Å². The van der Waals surface area contributed by atoms with Crippen molar-refractivity contribution in [2.24, 2.45) is 0 Å². The number of likely N-dealkylation sites (tertiary alicyclic amines) is 1. The second kappa shape index (κ2) is 9.15. The number of amides is 2. The maximum Gasteiger partial charge on any atom is 0.411 e. The van der Waals surface area contributed by atoms with Crippen molar-refractivity contribution in [2.75, 3.05) is 19.8 Å². The standard InChI is InChI=1S/C23H28ClN3O7S/c1-22(2,3)34-21(29)27-10-16(9-18(27)20(28)26-23(13-25)6-7-23)35(30,31)19-5-4-14(8-17(19)24)33-15-11-32-12-15/h4-5,8,15-16,18H,6-7,9-12H2,1-3H3,(H,26,28)/t16-,18+/m1/s1. The molecule has 1 aliphatic carbocycles. The first-order chi connectivity index (χ1) is 16.3. The van der Waals surface area contributed by atoms with Crippen LogP contribution in [0.2, 0.25) is 5.02 Å². The van der Waals surface area contributed by atoms with Crippen LogP contribution in [0, 0.1) is 11.3 Å². The molecule has 1 aromatic carbocycles. The molecular formula is C23H28ClN3O7S. The summed E-state index contributed by atoms with van der Waals surface area (Å²) in [5, 5.41) is 10.9. The SMILES string of the molecule is CC(C)(C)OC(=O)N1C[C@H](S(=O)(=O)c2ccc(OC3COC3)cc2Cl)C[C@H]1C(=O)NC1(C#N)CC1. The van der Waals surface area contributed by atoms with Gasteiger partial charge in [-0.2, -0.15) is 5.26 Å². The zero-order chi connectivity index (χ0) is 25.6. The van der Waals surface area contributed by atoms with Gasteiger partial charge in [0, 0.05) is 12.6 Å². The fraction of sp³-hybridized carbons (Fsp3) is 0.609. The van der Waals surface area contributed by atoms with E-state index < -0.39 is 44.3 Å². The third-order valence-electron chi connectivity index (χ3n) is 6.08. The second-order valence-electron chi connectivity index (χ2n) is 10.1. The Balaban J connectivity index is 1.57. The maximum atomic E-state index is 13.5. The third kappa shape index (κ3) is 5.50. The highest BCUT2D eigenvalue weighted by Crippen LogP contribution is 2.37. The first-order valence-corrected chi connectivity index (χ1v) is 13.3. The van der Waals surface area contributed by atoms with E-state index in [4.69, 9.17) is 25.8 Å². The number of rotatable bonds is 6. The lowest BCUT2D eigenvalue weighted by Gasteiger charge is -2.28. The van der Waals surface area contributed by atoms with Gasteiger partial charge in [-0.1, -0.05) is 11.6 Å². The predicted molar refractivity (Wildman–Crippen MR) is 125 cm³/mol. The molecule has 2 saturated heterocycles. The summed E-state index contributed by atoms with van der Waals surface area (Å²) in [6.45, 7) is 5.70. The highest BCUT2D eigenvalue weighted by Gasteiger charge is 2.51. The summed E-state index contributed by atoms with van der Waals surface area (Å²) < 4.78 is 43.2. The van der Waals surface area contributed by atoms with Crippen molar-refractivity contribution in [3.05, 3.63) is 23.2 Å². The van der Waals surface area contributed by atoms with Crippen molar-refractivity contribution in [3.8, 4) is 11.8 Å². The van der Waals surface area contributed by atoms with Crippen LogP contribution < -0.4 is 10.1 Å². The van der Waals surface area contributed by atoms with Crippen LogP contribution in [0.25, 0.3) is 0 Å². The van der Waals surface area contributed by atoms with Crippen LogP contribution in [0.4, 0.5) is 4.79 Å². The molecule has 0 radical (unpaired) electrons. The molecule has 0 aromatic heterocycles. The van der Waals surface area contributed by atoms with Crippen molar-refractivity contribution >= 4 is 33.4 Å². The quantitative estimate of drug-likeness (QED) is 0.598. The molecule has 3 fully saturated rings. The van der Waals surface area contributed by atoms with Gasteiger partial charge in [0.25, 0.3) is 0 Å². The Morgan fingerprint density at radius 2 is 1.97 bits per heavy atom. The fourth-order valence-corrected chi connectivity index (χ4v) is 6.17. The highest BCUT2D eigenvalue weighted by molar-refractivity contribution is 7.92. The van der Waals surface area contributed by atoms with Gasteiger partial charge in [0.15, 0.2) is 9.84 Å². The molecule has 1 N–H and O–H groups in total. The van der Waals surface area contributed by atoms with Gasteiger partial charge in [-0.05, 0) is 52.2 Å². The molecule has 1 saturated carbocycles. The summed E-state index contributed by atoms with van der Waals surface area (Å²) in [7, 11) is -4.02. The van der Waals surface area contributed by atoms with Crippen LogP contribution in [0.1, 0.15) is 40.0 Å². The molecule has 1 aromatic rings. The molecule has 0 unspecified atom stereocenters. The van der Waals surface area contributed by atoms with Crippen molar-refractivity contribution in [1.82, 2.24) is 10.2 Å². The zero-order valence-corrected chi connectivity index (χ0v) is 21.3. The average Bonchev–Trinajstić information content (AvgIpc) is 3.34. The summed E-state index contributed by atoms with van der Waals surface area (Å²) in [5.74, 6) is -0.155. The largest absolute Gasteiger partial charge is 0.486 e. The molecule has 2 atom stereocenters. The highest BCUT2D eigenvalue weighted by atomic mass is 35.5. The Kier molecular flexibility index (Phi) is 6.68. The van der Waals surface area contributed by atoms with Crippen LogP contribution in [0.5, 0.6) is 5.75 Å². The molecule has 2 amide bonds. The number of nitriles is 1. The molecule has 12 heteroatoms. The molecular weight excluding hydrogens is 498 g/mol. The van der Waals surface area contributed by atoms with E-state index in [1.165, 1.54) is 18.2 Å². The number of benzene rings is 1. The van der Waals surface area contributed by atoms with Gasteiger partial charge in [0.1, 0.15) is 29.0 Å². The minimum Gasteiger partial charge on any atom is -0.486 e. The number of ether oxygens (including phenoxy) is 3. The van der Waals surface area contributed by atoms with E-state index >= 15 is 0 Å². The Morgan fingerprint density at radius 3 is 2.49 bits per heavy atom. The van der Waals surface area contributed by atoms with E-state index in [0.717, 1.165) is 4.90 Å². The minimum absolute atomic E-state index is 0.0131. The van der Waals surface area contributed by atoms with Gasteiger partial charge < -0.3 is 19.5 Å². The number of nitrogens with one attached hydrogen (secondary N) is 1. The number of hydrogen-bond donors (Lipinski definition) is 1. The van der Waals surface area contributed by atoms with Crippen molar-refractivity contribution in [1.29, 1.82) is 5.26 Å². The van der Waals surface area contributed by atoms with Crippen molar-refractivity contribution in [3.63, 3.8) is 0 Å². The lowest BCUT2D eigenvalue weighted by atomic mass is 10.2. The molecule has 35 heavy (non-hydrogen) atoms. The van der Waals surface area contributed by atoms with Crippen molar-refractivity contribution in [2.45, 2.75) is 73.5 Å². The molecule has 0 bridgehead atoms. The van der Waals surface area contributed by atoms with E-state index in [1.54, 1.807) is 20.8 Å². The zero-order valence-electron chi connectivity index (χ0n) is 19.7. The summed E-state index contributed by atoms with van der Waals surface area (Å²) in [6, 6.07) is 5.29. The van der Waals surface area contributed by atoms with Crippen LogP contribution in [0.3, 0.4) is 0 Å². The molecule has 2 aliphatic heterocycles. The number of hydrogen-bond acceptors (Lipinski definition) is 8. The lowest BCUT2D eigenvalue weighted by Crippen LogP contribution is -2.50. The lowest BCUT2D eigenvalue weighted by molar-refractivity contribution is -0.126. The molecule has 3 aliphatic rings. The first kappa shape index (κ1) is 25.5. The normalized spacial score (nSPS) is 23.7. The average molecular weight is 526 g/mol. The Labute approximate surface area is 209 Å². The molecule has 190 valence electrons. The second-order valence-corrected chi connectivity index (χ2v) is 12.7. The number of sulfone groups is 1. The number of carbonyl (C=O) groups excluding carboxylic acids is 2. The van der Waals surface area contributed by atoms with Gasteiger partial charge in [-0.3, -0.25) is 9.69 Å². The summed E-state index contributed by atoms with van der Waals surface area (Å²) in [6.07, 6.45) is -0.0358. The van der Waals surface area contributed by atoms with Gasteiger partial charge in [-0.25, -0.2) is 13.2 Å². The van der Waals surface area contributed by atoms with E-state index in [2.05, 4.69) is 11.4 Å². The molecule has 4 rings (SSSR count). The van der Waals surface area contributed by atoms with E-state index in [9.17, 15) is 23.3 Å². The van der Waals surface area contributed by atoms with Gasteiger partial charge >= 0.3 is 6.09 Å². The Hall–Kier alpha value is -2.55. The molecule has 10 nitrogen and oxygen atoms in total. The van der Waals surface area contributed by atoms with E-state index in [1.807, 2.05) is 0 Å². The van der Waals surface area contributed by atoms with Gasteiger partial charge in [0.05, 0.1) is 34.5 Å². The third-order valence-corrected chi connectivity index (χ3v) is 8.69. The van der Waals surface area contributed by atoms with Crippen molar-refractivity contribution < 1.29 is 32.2 Å². The van der Waals surface area contributed by atoms with Crippen LogP contribution in [0.15, 0.2) is 23.1 Å². The van der Waals surface area contributed by atoms with Crippen LogP contribution >= 0.6 is 11.6 Å². The van der Waals surface area contributed by atoms with Crippen LogP contribution in [-0.2, 0) is 24.1 Å². The van der Waals surface area contributed by atoms with E-state index in [0.29, 0.717) is 31.8 Å². The van der Waals surface area contributed by atoms with Gasteiger partial charge in [-0.15, -0.1) is 0 Å². The Bertz CT molecular complexity index is 1170.